The van der Waals surface area contributed by atoms with E-state index in [0.717, 1.165) is 17.9 Å². The Bertz CT molecular complexity index is 778. The van der Waals surface area contributed by atoms with Gasteiger partial charge in [-0.3, -0.25) is 10.1 Å². The molecule has 0 radical (unpaired) electrons. The highest BCUT2D eigenvalue weighted by molar-refractivity contribution is 7.80. The maximum atomic E-state index is 12.3. The van der Waals surface area contributed by atoms with E-state index in [1.807, 2.05) is 38.1 Å². The summed E-state index contributed by atoms with van der Waals surface area (Å²) in [7, 11) is 0. The van der Waals surface area contributed by atoms with Gasteiger partial charge < -0.3 is 19.5 Å². The number of carbonyl (C=O) groups is 1. The Morgan fingerprint density at radius 2 is 1.66 bits per heavy atom. The maximum Gasteiger partial charge on any atom is 0.257 e. The van der Waals surface area contributed by atoms with Gasteiger partial charge in [0.2, 0.25) is 0 Å². The van der Waals surface area contributed by atoms with Gasteiger partial charge >= 0.3 is 0 Å². The molecule has 0 aliphatic rings. The summed E-state index contributed by atoms with van der Waals surface area (Å²) in [5.41, 5.74) is 1.26. The van der Waals surface area contributed by atoms with E-state index < -0.39 is 0 Å². The Balaban J connectivity index is 1.81. The van der Waals surface area contributed by atoms with Crippen LogP contribution in [0.4, 0.5) is 5.69 Å². The smallest absolute Gasteiger partial charge is 0.257 e. The SMILES string of the molecule is CCOCCOc1ccc(C(=O)NC(=S)Nc2ccc(OC(C)CC)cc2)cc1. The van der Waals surface area contributed by atoms with E-state index in [1.54, 1.807) is 24.3 Å². The van der Waals surface area contributed by atoms with Gasteiger partial charge in [0.15, 0.2) is 5.11 Å². The van der Waals surface area contributed by atoms with Crippen molar-refractivity contribution in [2.75, 3.05) is 25.1 Å². The Kier molecular flexibility index (Phi) is 9.40. The van der Waals surface area contributed by atoms with E-state index in [0.29, 0.717) is 31.1 Å². The van der Waals surface area contributed by atoms with Gasteiger partial charge in [-0.1, -0.05) is 6.92 Å². The second kappa shape index (κ2) is 12.0. The van der Waals surface area contributed by atoms with E-state index >= 15 is 0 Å². The van der Waals surface area contributed by atoms with Gasteiger partial charge in [0.05, 0.1) is 12.7 Å². The van der Waals surface area contributed by atoms with Crippen molar-refractivity contribution in [1.29, 1.82) is 0 Å². The number of thiocarbonyl (C=S) groups is 1. The summed E-state index contributed by atoms with van der Waals surface area (Å²) < 4.78 is 16.5. The van der Waals surface area contributed by atoms with Crippen molar-refractivity contribution < 1.29 is 19.0 Å². The third-order valence-electron chi connectivity index (χ3n) is 4.07. The van der Waals surface area contributed by atoms with Crippen LogP contribution in [0.2, 0.25) is 0 Å². The van der Waals surface area contributed by atoms with E-state index in [1.165, 1.54) is 0 Å². The molecule has 0 spiro atoms. The number of benzene rings is 2. The zero-order chi connectivity index (χ0) is 21.1. The zero-order valence-corrected chi connectivity index (χ0v) is 17.9. The van der Waals surface area contributed by atoms with Crippen LogP contribution >= 0.6 is 12.2 Å². The van der Waals surface area contributed by atoms with Crippen molar-refractivity contribution in [1.82, 2.24) is 5.32 Å². The van der Waals surface area contributed by atoms with E-state index in [4.69, 9.17) is 26.4 Å². The average molecular weight is 417 g/mol. The van der Waals surface area contributed by atoms with Crippen molar-refractivity contribution >= 4 is 28.9 Å². The third-order valence-corrected chi connectivity index (χ3v) is 4.27. The van der Waals surface area contributed by atoms with Crippen molar-refractivity contribution in [2.24, 2.45) is 0 Å². The van der Waals surface area contributed by atoms with Crippen molar-refractivity contribution in [3.8, 4) is 11.5 Å². The van der Waals surface area contributed by atoms with Gasteiger partial charge in [-0.15, -0.1) is 0 Å². The quantitative estimate of drug-likeness (QED) is 0.442. The second-order valence-electron chi connectivity index (χ2n) is 6.34. The lowest BCUT2D eigenvalue weighted by Crippen LogP contribution is -2.34. The zero-order valence-electron chi connectivity index (χ0n) is 17.1. The molecule has 7 heteroatoms. The summed E-state index contributed by atoms with van der Waals surface area (Å²) in [5, 5.41) is 5.89. The molecule has 0 bridgehead atoms. The number of hydrogen-bond acceptors (Lipinski definition) is 5. The maximum absolute atomic E-state index is 12.3. The fraction of sp³-hybridized carbons (Fsp3) is 0.364. The molecule has 0 aromatic heterocycles. The molecule has 0 saturated carbocycles. The fourth-order valence-electron chi connectivity index (χ4n) is 2.34. The van der Waals surface area contributed by atoms with Crippen LogP contribution in [-0.2, 0) is 4.74 Å². The van der Waals surface area contributed by atoms with E-state index in [2.05, 4.69) is 17.6 Å². The monoisotopic (exact) mass is 416 g/mol. The standard InChI is InChI=1S/C22H28N2O4S/c1-4-16(3)28-20-12-8-18(9-13-20)23-22(29)24-21(25)17-6-10-19(11-7-17)27-15-14-26-5-2/h6-13,16H,4-5,14-15H2,1-3H3,(H2,23,24,25,29). The Morgan fingerprint density at radius 3 is 2.28 bits per heavy atom. The number of amides is 1. The fourth-order valence-corrected chi connectivity index (χ4v) is 2.55. The van der Waals surface area contributed by atoms with Crippen LogP contribution in [0.5, 0.6) is 11.5 Å². The first-order chi connectivity index (χ1) is 14.0. The summed E-state index contributed by atoms with van der Waals surface area (Å²) in [6.07, 6.45) is 1.10. The van der Waals surface area contributed by atoms with Crippen molar-refractivity contribution in [2.45, 2.75) is 33.3 Å². The molecule has 0 heterocycles. The van der Waals surface area contributed by atoms with Gasteiger partial charge in [-0.25, -0.2) is 0 Å². The van der Waals surface area contributed by atoms with Crippen LogP contribution < -0.4 is 20.1 Å². The molecule has 0 aliphatic heterocycles. The number of anilines is 1. The normalized spacial score (nSPS) is 11.4. The van der Waals surface area contributed by atoms with Gasteiger partial charge in [0, 0.05) is 17.9 Å². The molecule has 0 aliphatic carbocycles. The molecule has 156 valence electrons. The third kappa shape index (κ3) is 8.09. The minimum Gasteiger partial charge on any atom is -0.491 e. The number of hydrogen-bond donors (Lipinski definition) is 2. The molecule has 1 amide bonds. The Morgan fingerprint density at radius 1 is 1.00 bits per heavy atom. The van der Waals surface area contributed by atoms with E-state index in [-0.39, 0.29) is 17.1 Å². The summed E-state index contributed by atoms with van der Waals surface area (Å²) in [4.78, 5) is 12.3. The first kappa shape index (κ1) is 22.6. The number of rotatable bonds is 10. The summed E-state index contributed by atoms with van der Waals surface area (Å²) in [5.74, 6) is 1.19. The van der Waals surface area contributed by atoms with Crippen LogP contribution in [0.3, 0.4) is 0 Å². The number of nitrogens with one attached hydrogen (secondary N) is 2. The first-order valence-electron chi connectivity index (χ1n) is 9.71. The minimum absolute atomic E-state index is 0.163. The van der Waals surface area contributed by atoms with E-state index in [9.17, 15) is 4.79 Å². The van der Waals surface area contributed by atoms with Crippen LogP contribution in [0.1, 0.15) is 37.6 Å². The summed E-state index contributed by atoms with van der Waals surface area (Å²) in [6.45, 7) is 7.69. The summed E-state index contributed by atoms with van der Waals surface area (Å²) >= 11 is 5.23. The largest absolute Gasteiger partial charge is 0.491 e. The van der Waals surface area contributed by atoms with Gasteiger partial charge in [0.1, 0.15) is 18.1 Å². The predicted molar refractivity (Wildman–Crippen MR) is 119 cm³/mol. The number of ether oxygens (including phenoxy) is 3. The molecule has 2 aromatic rings. The molecule has 1 atom stereocenters. The minimum atomic E-state index is -0.292. The highest BCUT2D eigenvalue weighted by Gasteiger charge is 2.09. The highest BCUT2D eigenvalue weighted by atomic mass is 32.1. The Labute approximate surface area is 177 Å². The van der Waals surface area contributed by atoms with Gasteiger partial charge in [0.25, 0.3) is 5.91 Å². The van der Waals surface area contributed by atoms with Crippen LogP contribution in [0.15, 0.2) is 48.5 Å². The predicted octanol–water partition coefficient (Wildman–Crippen LogP) is 4.41. The molecule has 2 aromatic carbocycles. The molecular weight excluding hydrogens is 388 g/mol. The van der Waals surface area contributed by atoms with Gasteiger partial charge in [-0.2, -0.15) is 0 Å². The number of carbonyl (C=O) groups excluding carboxylic acids is 1. The molecule has 0 saturated heterocycles. The highest BCUT2D eigenvalue weighted by Crippen LogP contribution is 2.18. The molecule has 2 rings (SSSR count). The molecule has 1 unspecified atom stereocenters. The molecule has 0 fully saturated rings. The van der Waals surface area contributed by atoms with Crippen LogP contribution in [0, 0.1) is 0 Å². The van der Waals surface area contributed by atoms with Crippen molar-refractivity contribution in [3.05, 3.63) is 54.1 Å². The second-order valence-corrected chi connectivity index (χ2v) is 6.75. The first-order valence-corrected chi connectivity index (χ1v) is 10.1. The lowest BCUT2D eigenvalue weighted by atomic mass is 10.2. The van der Waals surface area contributed by atoms with Crippen molar-refractivity contribution in [3.63, 3.8) is 0 Å². The molecule has 6 nitrogen and oxygen atoms in total. The van der Waals surface area contributed by atoms with Crippen LogP contribution in [-0.4, -0.2) is 36.9 Å². The molecule has 2 N–H and O–H groups in total. The van der Waals surface area contributed by atoms with Crippen LogP contribution in [0.25, 0.3) is 0 Å². The summed E-state index contributed by atoms with van der Waals surface area (Å²) in [6, 6.07) is 14.3. The van der Waals surface area contributed by atoms with Gasteiger partial charge in [-0.05, 0) is 81.0 Å². The average Bonchev–Trinajstić information content (AvgIpc) is 2.73. The molecular formula is C22H28N2O4S. The Hall–Kier alpha value is -2.64. The topological polar surface area (TPSA) is 68.8 Å². The lowest BCUT2D eigenvalue weighted by molar-refractivity contribution is 0.0977. The lowest BCUT2D eigenvalue weighted by Gasteiger charge is -2.14. The molecule has 29 heavy (non-hydrogen) atoms.